The van der Waals surface area contributed by atoms with Crippen molar-refractivity contribution < 1.29 is 18.7 Å². The Hall–Kier alpha value is -2.46. The third kappa shape index (κ3) is 4.53. The summed E-state index contributed by atoms with van der Waals surface area (Å²) < 4.78 is 26.4. The SMILES string of the molecule is COCCN1CCN(c2nc(-c3ccccc3F)c(Cl)c3c2C(=O)N2CCNC[C@@H]2CO3)CC1(C)C. The first-order chi connectivity index (χ1) is 17.3. The lowest BCUT2D eigenvalue weighted by Crippen LogP contribution is -2.60. The summed E-state index contributed by atoms with van der Waals surface area (Å²) in [6.07, 6.45) is 0. The number of carbonyl (C=O) groups is 1. The number of methoxy groups -OCH3 is 1. The molecule has 0 radical (unpaired) electrons. The molecule has 1 aromatic heterocycles. The fraction of sp³-hybridized carbons (Fsp3) is 0.538. The van der Waals surface area contributed by atoms with Gasteiger partial charge in [0.1, 0.15) is 28.8 Å². The summed E-state index contributed by atoms with van der Waals surface area (Å²) in [5, 5.41) is 3.50. The van der Waals surface area contributed by atoms with Crippen LogP contribution >= 0.6 is 11.6 Å². The van der Waals surface area contributed by atoms with Crippen LogP contribution in [-0.2, 0) is 4.74 Å². The van der Waals surface area contributed by atoms with Gasteiger partial charge in [0.25, 0.3) is 5.91 Å². The largest absolute Gasteiger partial charge is 0.489 e. The van der Waals surface area contributed by atoms with E-state index in [4.69, 9.17) is 26.1 Å². The van der Waals surface area contributed by atoms with Gasteiger partial charge in [0.05, 0.1) is 18.3 Å². The van der Waals surface area contributed by atoms with Crippen molar-refractivity contribution >= 4 is 23.3 Å². The third-order valence-corrected chi connectivity index (χ3v) is 7.74. The molecule has 4 heterocycles. The Kier molecular flexibility index (Phi) is 7.09. The van der Waals surface area contributed by atoms with Gasteiger partial charge in [-0.15, -0.1) is 0 Å². The standard InChI is InChI=1S/C26H33ClFN5O3/c1-26(2)16-31(10-11-32(26)12-13-35-3)24-20-23(36-15-17-14-29-8-9-33(17)25(20)34)21(27)22(30-24)18-6-4-5-7-19(18)28/h4-7,17,29H,8-16H2,1-3H3/t17-/m1/s1. The molecule has 5 rings (SSSR count). The first-order valence-electron chi connectivity index (χ1n) is 12.4. The molecule has 10 heteroatoms. The van der Waals surface area contributed by atoms with Crippen LogP contribution in [0.5, 0.6) is 5.75 Å². The zero-order valence-electron chi connectivity index (χ0n) is 21.0. The van der Waals surface area contributed by atoms with Gasteiger partial charge in [0.2, 0.25) is 0 Å². The highest BCUT2D eigenvalue weighted by atomic mass is 35.5. The quantitative estimate of drug-likeness (QED) is 0.654. The molecule has 36 heavy (non-hydrogen) atoms. The smallest absolute Gasteiger partial charge is 0.261 e. The number of ether oxygens (including phenoxy) is 2. The minimum absolute atomic E-state index is 0.109. The summed E-state index contributed by atoms with van der Waals surface area (Å²) in [5.41, 5.74) is 0.735. The predicted molar refractivity (Wildman–Crippen MR) is 138 cm³/mol. The summed E-state index contributed by atoms with van der Waals surface area (Å²) in [5.74, 6) is 0.220. The van der Waals surface area contributed by atoms with Crippen molar-refractivity contribution in [3.8, 4) is 17.0 Å². The van der Waals surface area contributed by atoms with Crippen LogP contribution in [0, 0.1) is 5.82 Å². The normalized spacial score (nSPS) is 22.0. The van der Waals surface area contributed by atoms with Gasteiger partial charge in [0, 0.05) is 64.0 Å². The minimum Gasteiger partial charge on any atom is -0.489 e. The molecule has 194 valence electrons. The van der Waals surface area contributed by atoms with E-state index in [9.17, 15) is 9.18 Å². The second kappa shape index (κ2) is 10.1. The highest BCUT2D eigenvalue weighted by Crippen LogP contribution is 2.44. The van der Waals surface area contributed by atoms with Crippen LogP contribution in [0.4, 0.5) is 10.2 Å². The second-order valence-corrected chi connectivity index (χ2v) is 10.5. The molecule has 3 aliphatic rings. The summed E-state index contributed by atoms with van der Waals surface area (Å²) >= 11 is 6.83. The summed E-state index contributed by atoms with van der Waals surface area (Å²) in [7, 11) is 1.70. The maximum absolute atomic E-state index is 14.9. The van der Waals surface area contributed by atoms with E-state index in [0.717, 1.165) is 13.1 Å². The Morgan fingerprint density at radius 1 is 1.28 bits per heavy atom. The highest BCUT2D eigenvalue weighted by Gasteiger charge is 2.41. The Labute approximate surface area is 216 Å². The zero-order valence-corrected chi connectivity index (χ0v) is 21.8. The van der Waals surface area contributed by atoms with Crippen molar-refractivity contribution in [1.29, 1.82) is 0 Å². The van der Waals surface area contributed by atoms with Crippen molar-refractivity contribution in [3.63, 3.8) is 0 Å². The van der Waals surface area contributed by atoms with Crippen LogP contribution in [0.2, 0.25) is 5.02 Å². The number of pyridine rings is 1. The Morgan fingerprint density at radius 2 is 2.08 bits per heavy atom. The molecule has 2 aromatic rings. The number of carbonyl (C=O) groups excluding carboxylic acids is 1. The van der Waals surface area contributed by atoms with Crippen LogP contribution in [-0.4, -0.2) is 98.4 Å². The number of nitrogens with one attached hydrogen (secondary N) is 1. The maximum atomic E-state index is 14.9. The molecule has 3 aliphatic heterocycles. The molecular weight excluding hydrogens is 485 g/mol. The topological polar surface area (TPSA) is 70.2 Å². The van der Waals surface area contributed by atoms with Gasteiger partial charge in [-0.05, 0) is 26.0 Å². The Balaban J connectivity index is 1.63. The van der Waals surface area contributed by atoms with E-state index in [1.165, 1.54) is 6.07 Å². The van der Waals surface area contributed by atoms with E-state index in [1.807, 2.05) is 4.90 Å². The van der Waals surface area contributed by atoms with Crippen LogP contribution in [0.3, 0.4) is 0 Å². The number of hydrogen-bond acceptors (Lipinski definition) is 7. The highest BCUT2D eigenvalue weighted by molar-refractivity contribution is 6.35. The predicted octanol–water partition coefficient (Wildman–Crippen LogP) is 2.89. The summed E-state index contributed by atoms with van der Waals surface area (Å²) in [6.45, 7) is 10.1. The second-order valence-electron chi connectivity index (χ2n) is 10.2. The molecule has 1 amide bonds. The molecule has 0 saturated carbocycles. The van der Waals surface area contributed by atoms with E-state index >= 15 is 0 Å². The number of hydrogen-bond donors (Lipinski definition) is 1. The summed E-state index contributed by atoms with van der Waals surface area (Å²) in [6, 6.07) is 6.30. The Morgan fingerprint density at radius 3 is 2.83 bits per heavy atom. The van der Waals surface area contributed by atoms with E-state index in [-0.39, 0.29) is 33.8 Å². The number of amides is 1. The summed E-state index contributed by atoms with van der Waals surface area (Å²) in [4.78, 5) is 25.2. The molecule has 2 fully saturated rings. The lowest BCUT2D eigenvalue weighted by Gasteiger charge is -2.48. The first-order valence-corrected chi connectivity index (χ1v) is 12.8. The van der Waals surface area contributed by atoms with Crippen molar-refractivity contribution in [1.82, 2.24) is 20.1 Å². The van der Waals surface area contributed by atoms with E-state index < -0.39 is 5.82 Å². The van der Waals surface area contributed by atoms with Crippen LogP contribution < -0.4 is 15.0 Å². The molecule has 0 spiro atoms. The lowest BCUT2D eigenvalue weighted by atomic mass is 9.97. The fourth-order valence-corrected chi connectivity index (χ4v) is 5.70. The molecule has 1 atom stereocenters. The lowest BCUT2D eigenvalue weighted by molar-refractivity contribution is 0.0602. The first kappa shape index (κ1) is 25.2. The Bertz CT molecular complexity index is 1150. The van der Waals surface area contributed by atoms with Gasteiger partial charge < -0.3 is 24.6 Å². The molecule has 8 nitrogen and oxygen atoms in total. The van der Waals surface area contributed by atoms with E-state index in [0.29, 0.717) is 63.1 Å². The van der Waals surface area contributed by atoms with Crippen molar-refractivity contribution in [2.75, 3.05) is 71.0 Å². The van der Waals surface area contributed by atoms with Crippen molar-refractivity contribution in [2.24, 2.45) is 0 Å². The molecule has 2 saturated heterocycles. The molecule has 0 aliphatic carbocycles. The molecule has 1 aromatic carbocycles. The van der Waals surface area contributed by atoms with Gasteiger partial charge in [0.15, 0.2) is 5.75 Å². The number of rotatable bonds is 5. The molecule has 0 bridgehead atoms. The third-order valence-electron chi connectivity index (χ3n) is 7.39. The zero-order chi connectivity index (χ0) is 25.4. The average Bonchev–Trinajstić information content (AvgIpc) is 3.01. The van der Waals surface area contributed by atoms with Gasteiger partial charge in [-0.1, -0.05) is 23.7 Å². The monoisotopic (exact) mass is 517 g/mol. The average molecular weight is 518 g/mol. The molecule has 1 N–H and O–H groups in total. The number of piperazine rings is 2. The minimum atomic E-state index is -0.427. The van der Waals surface area contributed by atoms with Gasteiger partial charge >= 0.3 is 0 Å². The number of aromatic nitrogens is 1. The van der Waals surface area contributed by atoms with Crippen molar-refractivity contribution in [3.05, 3.63) is 40.7 Å². The van der Waals surface area contributed by atoms with E-state index in [2.05, 4.69) is 29.0 Å². The molecular formula is C26H33ClFN5O3. The molecule has 0 unspecified atom stereocenters. The fourth-order valence-electron chi connectivity index (χ4n) is 5.41. The van der Waals surface area contributed by atoms with Crippen LogP contribution in [0.1, 0.15) is 24.2 Å². The van der Waals surface area contributed by atoms with Crippen molar-refractivity contribution in [2.45, 2.75) is 25.4 Å². The number of benzene rings is 1. The van der Waals surface area contributed by atoms with Gasteiger partial charge in [-0.2, -0.15) is 0 Å². The number of nitrogens with zero attached hydrogens (tertiary/aromatic N) is 4. The van der Waals surface area contributed by atoms with Gasteiger partial charge in [-0.3, -0.25) is 9.69 Å². The van der Waals surface area contributed by atoms with E-state index in [1.54, 1.807) is 25.3 Å². The number of anilines is 1. The van der Waals surface area contributed by atoms with Gasteiger partial charge in [-0.25, -0.2) is 9.37 Å². The number of halogens is 2. The van der Waals surface area contributed by atoms with Crippen LogP contribution in [0.15, 0.2) is 24.3 Å². The maximum Gasteiger partial charge on any atom is 0.261 e. The number of fused-ring (bicyclic) bond motifs is 2. The van der Waals surface area contributed by atoms with Crippen LogP contribution in [0.25, 0.3) is 11.3 Å².